The molecule has 3 fully saturated rings. The van der Waals surface area contributed by atoms with E-state index >= 15 is 0 Å². The van der Waals surface area contributed by atoms with Crippen LogP contribution in [0, 0.1) is 23.7 Å². The summed E-state index contributed by atoms with van der Waals surface area (Å²) in [6.07, 6.45) is 0.699. The predicted molar refractivity (Wildman–Crippen MR) is 71.4 cm³/mol. The minimum absolute atomic E-state index is 0.145. The lowest BCUT2D eigenvalue weighted by Gasteiger charge is -2.38. The molecule has 2 amide bonds. The number of fused-ring (bicyclic) bond motifs is 2. The number of hydrogen-bond donors (Lipinski definition) is 2. The van der Waals surface area contributed by atoms with Crippen LogP contribution in [0.3, 0.4) is 0 Å². The summed E-state index contributed by atoms with van der Waals surface area (Å²) in [5.74, 6) is -5.77. The second kappa shape index (κ2) is 4.79. The summed E-state index contributed by atoms with van der Waals surface area (Å²) >= 11 is 3.41. The number of hydrogen-bond acceptors (Lipinski definition) is 4. The van der Waals surface area contributed by atoms with Crippen molar-refractivity contribution in [2.45, 2.75) is 30.1 Å². The standard InChI is InChI=1S/C13H14BrNO6/c14-10-4-3-5(9(13(20)21)8(4)12(18)19)11(10)15-6(16)1-2-7(15)17/h4-5,8-11H,1-3H2,(H,18,19)(H,20,21)/t4?,5?,8-,9+,10-,11+/m1/s1. The second-order valence-electron chi connectivity index (χ2n) is 5.88. The predicted octanol–water partition coefficient (Wildman–Crippen LogP) is 0.319. The minimum Gasteiger partial charge on any atom is -0.481 e. The van der Waals surface area contributed by atoms with Crippen molar-refractivity contribution in [3.05, 3.63) is 0 Å². The van der Waals surface area contributed by atoms with Crippen molar-refractivity contribution in [3.63, 3.8) is 0 Å². The van der Waals surface area contributed by atoms with E-state index in [1.165, 1.54) is 0 Å². The van der Waals surface area contributed by atoms with Crippen molar-refractivity contribution in [2.24, 2.45) is 23.7 Å². The summed E-state index contributed by atoms with van der Waals surface area (Å²) in [6.45, 7) is 0. The number of imide groups is 1. The summed E-state index contributed by atoms with van der Waals surface area (Å²) in [6, 6.07) is -0.547. The van der Waals surface area contributed by atoms with Crippen LogP contribution in [-0.4, -0.2) is 49.7 Å². The number of amides is 2. The third-order valence-corrected chi connectivity index (χ3v) is 6.21. The first-order chi connectivity index (χ1) is 9.84. The maximum absolute atomic E-state index is 11.9. The van der Waals surface area contributed by atoms with Gasteiger partial charge in [0.25, 0.3) is 0 Å². The zero-order valence-electron chi connectivity index (χ0n) is 10.9. The molecule has 3 rings (SSSR count). The average molecular weight is 360 g/mol. The van der Waals surface area contributed by atoms with Gasteiger partial charge < -0.3 is 10.2 Å². The van der Waals surface area contributed by atoms with Crippen molar-refractivity contribution in [1.82, 2.24) is 4.90 Å². The monoisotopic (exact) mass is 359 g/mol. The highest BCUT2D eigenvalue weighted by Gasteiger charge is 2.65. The normalized spacial score (nSPS) is 41.9. The first-order valence-electron chi connectivity index (χ1n) is 6.79. The Balaban J connectivity index is 1.96. The first kappa shape index (κ1) is 14.5. The van der Waals surface area contributed by atoms with Crippen LogP contribution in [-0.2, 0) is 19.2 Å². The van der Waals surface area contributed by atoms with Gasteiger partial charge in [0, 0.05) is 17.7 Å². The van der Waals surface area contributed by atoms with E-state index in [4.69, 9.17) is 0 Å². The highest BCUT2D eigenvalue weighted by atomic mass is 79.9. The van der Waals surface area contributed by atoms with E-state index in [-0.39, 0.29) is 35.4 Å². The van der Waals surface area contributed by atoms with E-state index in [0.29, 0.717) is 6.42 Å². The molecular weight excluding hydrogens is 346 g/mol. The number of rotatable bonds is 3. The van der Waals surface area contributed by atoms with Gasteiger partial charge in [0.15, 0.2) is 0 Å². The molecule has 2 N–H and O–H groups in total. The molecule has 2 aliphatic carbocycles. The molecule has 6 atom stereocenters. The molecule has 2 unspecified atom stereocenters. The molecule has 2 bridgehead atoms. The first-order valence-corrected chi connectivity index (χ1v) is 7.70. The van der Waals surface area contributed by atoms with E-state index in [9.17, 15) is 29.4 Å². The van der Waals surface area contributed by atoms with Crippen LogP contribution in [0.5, 0.6) is 0 Å². The number of carboxylic acids is 2. The number of aliphatic carboxylic acids is 2. The van der Waals surface area contributed by atoms with E-state index < -0.39 is 35.7 Å². The number of carbonyl (C=O) groups excluding carboxylic acids is 2. The SMILES string of the molecule is O=C(O)[C@@H]1C2CC([C@@H]1C(=O)O)[C@H](N1C(=O)CCC1=O)[C@@H]2Br. The summed E-state index contributed by atoms with van der Waals surface area (Å²) in [5, 5.41) is 18.7. The lowest BCUT2D eigenvalue weighted by molar-refractivity contribution is -0.159. The third-order valence-electron chi connectivity index (χ3n) is 4.99. The Bertz CT molecular complexity index is 533. The molecule has 1 aliphatic heterocycles. The molecule has 1 heterocycles. The van der Waals surface area contributed by atoms with Crippen molar-refractivity contribution in [3.8, 4) is 0 Å². The van der Waals surface area contributed by atoms with Crippen LogP contribution >= 0.6 is 15.9 Å². The van der Waals surface area contributed by atoms with Crippen LogP contribution in [0.2, 0.25) is 0 Å². The largest absolute Gasteiger partial charge is 0.481 e. The molecule has 3 aliphatic rings. The van der Waals surface area contributed by atoms with Crippen LogP contribution in [0.15, 0.2) is 0 Å². The Morgan fingerprint density at radius 3 is 1.95 bits per heavy atom. The number of carbonyl (C=O) groups is 4. The van der Waals surface area contributed by atoms with E-state index in [1.54, 1.807) is 0 Å². The maximum atomic E-state index is 11.9. The van der Waals surface area contributed by atoms with Gasteiger partial charge in [-0.3, -0.25) is 24.1 Å². The molecular formula is C13H14BrNO6. The molecule has 0 spiro atoms. The zero-order chi connectivity index (χ0) is 15.5. The van der Waals surface area contributed by atoms with Gasteiger partial charge in [0.05, 0.1) is 17.9 Å². The Kier molecular flexibility index (Phi) is 3.31. The Morgan fingerprint density at radius 2 is 1.48 bits per heavy atom. The molecule has 7 nitrogen and oxygen atoms in total. The van der Waals surface area contributed by atoms with Crippen LogP contribution in [0.1, 0.15) is 19.3 Å². The van der Waals surface area contributed by atoms with Gasteiger partial charge in [-0.1, -0.05) is 15.9 Å². The van der Waals surface area contributed by atoms with Gasteiger partial charge >= 0.3 is 11.9 Å². The topological polar surface area (TPSA) is 112 Å². The molecule has 0 radical (unpaired) electrons. The number of carboxylic acid groups (broad SMARTS) is 2. The molecule has 114 valence electrons. The fourth-order valence-electron chi connectivity index (χ4n) is 4.24. The Morgan fingerprint density at radius 1 is 1.00 bits per heavy atom. The lowest BCUT2D eigenvalue weighted by atomic mass is 9.76. The van der Waals surface area contributed by atoms with Crippen molar-refractivity contribution in [2.75, 3.05) is 0 Å². The Labute approximate surface area is 128 Å². The fraction of sp³-hybridized carbons (Fsp3) is 0.692. The second-order valence-corrected chi connectivity index (χ2v) is 6.94. The van der Waals surface area contributed by atoms with Gasteiger partial charge in [0.2, 0.25) is 11.8 Å². The maximum Gasteiger partial charge on any atom is 0.307 e. The fourth-order valence-corrected chi connectivity index (χ4v) is 5.42. The highest BCUT2D eigenvalue weighted by Crippen LogP contribution is 2.57. The third kappa shape index (κ3) is 1.91. The number of nitrogens with zero attached hydrogens (tertiary/aromatic N) is 1. The van der Waals surface area contributed by atoms with Crippen molar-refractivity contribution >= 4 is 39.7 Å². The summed E-state index contributed by atoms with van der Waals surface area (Å²) < 4.78 is 0. The number of alkyl halides is 1. The Hall–Kier alpha value is -1.44. The molecule has 8 heteroatoms. The molecule has 0 aromatic carbocycles. The van der Waals surface area contributed by atoms with E-state index in [2.05, 4.69) is 15.9 Å². The quantitative estimate of drug-likeness (QED) is 0.554. The molecule has 1 saturated heterocycles. The minimum atomic E-state index is -1.17. The van der Waals surface area contributed by atoms with Crippen molar-refractivity contribution in [1.29, 1.82) is 0 Å². The number of likely N-dealkylation sites (tertiary alicyclic amines) is 1. The lowest BCUT2D eigenvalue weighted by Crippen LogP contribution is -2.54. The number of halogens is 1. The van der Waals surface area contributed by atoms with Crippen LogP contribution in [0.4, 0.5) is 0 Å². The zero-order valence-corrected chi connectivity index (χ0v) is 12.5. The van der Waals surface area contributed by atoms with Gasteiger partial charge in [-0.15, -0.1) is 0 Å². The van der Waals surface area contributed by atoms with Gasteiger partial charge in [0.1, 0.15) is 0 Å². The summed E-state index contributed by atoms with van der Waals surface area (Å²) in [7, 11) is 0. The van der Waals surface area contributed by atoms with Gasteiger partial charge in [-0.25, -0.2) is 0 Å². The van der Waals surface area contributed by atoms with Gasteiger partial charge in [-0.2, -0.15) is 0 Å². The van der Waals surface area contributed by atoms with E-state index in [1.807, 2.05) is 0 Å². The molecule has 0 aromatic rings. The highest BCUT2D eigenvalue weighted by molar-refractivity contribution is 9.09. The van der Waals surface area contributed by atoms with E-state index in [0.717, 1.165) is 4.90 Å². The van der Waals surface area contributed by atoms with Crippen molar-refractivity contribution < 1.29 is 29.4 Å². The molecule has 21 heavy (non-hydrogen) atoms. The smallest absolute Gasteiger partial charge is 0.307 e. The van der Waals surface area contributed by atoms with Crippen LogP contribution in [0.25, 0.3) is 0 Å². The average Bonchev–Trinajstić information content (AvgIpc) is 3.02. The van der Waals surface area contributed by atoms with Gasteiger partial charge in [-0.05, 0) is 18.3 Å². The summed E-state index contributed by atoms with van der Waals surface area (Å²) in [4.78, 5) is 47.5. The molecule has 0 aromatic heterocycles. The van der Waals surface area contributed by atoms with Crippen LogP contribution < -0.4 is 0 Å². The summed E-state index contributed by atoms with van der Waals surface area (Å²) in [5.41, 5.74) is 0. The molecule has 2 saturated carbocycles.